The van der Waals surface area contributed by atoms with Gasteiger partial charge in [0, 0.05) is 18.3 Å². The van der Waals surface area contributed by atoms with Crippen molar-refractivity contribution in [1.82, 2.24) is 20.1 Å². The zero-order valence-corrected chi connectivity index (χ0v) is 12.4. The molecule has 1 aliphatic carbocycles. The number of aryl methyl sites for hydroxylation is 1. The normalized spacial score (nSPS) is 25.7. The first-order valence-corrected chi connectivity index (χ1v) is 8.00. The lowest BCUT2D eigenvalue weighted by molar-refractivity contribution is 0.303. The van der Waals surface area contributed by atoms with Gasteiger partial charge in [-0.3, -0.25) is 4.99 Å². The van der Waals surface area contributed by atoms with E-state index in [1.165, 1.54) is 32.1 Å². The molecule has 0 aromatic carbocycles. The van der Waals surface area contributed by atoms with Crippen molar-refractivity contribution in [3.8, 4) is 0 Å². The summed E-state index contributed by atoms with van der Waals surface area (Å²) >= 11 is 1.86. The van der Waals surface area contributed by atoms with E-state index in [9.17, 15) is 0 Å². The van der Waals surface area contributed by atoms with E-state index < -0.39 is 0 Å². The van der Waals surface area contributed by atoms with Crippen molar-refractivity contribution in [2.75, 3.05) is 5.75 Å². The fourth-order valence-corrected chi connectivity index (χ4v) is 4.27. The summed E-state index contributed by atoms with van der Waals surface area (Å²) in [5, 5.41) is 12.8. The van der Waals surface area contributed by atoms with Gasteiger partial charge >= 0.3 is 0 Å². The summed E-state index contributed by atoms with van der Waals surface area (Å²) in [6.07, 6.45) is 8.38. The lowest BCUT2D eigenvalue weighted by Crippen LogP contribution is -2.45. The molecule has 1 aliphatic heterocycles. The molecule has 1 aromatic rings. The van der Waals surface area contributed by atoms with Crippen LogP contribution in [0.5, 0.6) is 0 Å². The number of rotatable bonds is 2. The maximum atomic E-state index is 4.77. The second-order valence-corrected chi connectivity index (χ2v) is 6.63. The van der Waals surface area contributed by atoms with Crippen molar-refractivity contribution in [3.63, 3.8) is 0 Å². The van der Waals surface area contributed by atoms with Gasteiger partial charge < -0.3 is 9.88 Å². The Balaban J connectivity index is 1.70. The average Bonchev–Trinajstić information content (AvgIpc) is 2.98. The zero-order chi connectivity index (χ0) is 13.3. The van der Waals surface area contributed by atoms with E-state index in [4.69, 9.17) is 4.99 Å². The van der Waals surface area contributed by atoms with E-state index in [1.54, 1.807) is 6.33 Å². The summed E-state index contributed by atoms with van der Waals surface area (Å²) in [6.45, 7) is 2.07. The molecule has 1 N–H and O–H groups in total. The predicted molar refractivity (Wildman–Crippen MR) is 78.3 cm³/mol. The number of thioether (sulfide) groups is 1. The van der Waals surface area contributed by atoms with Crippen LogP contribution in [0, 0.1) is 0 Å². The van der Waals surface area contributed by atoms with Gasteiger partial charge in [-0.15, -0.1) is 10.2 Å². The maximum absolute atomic E-state index is 4.77. The van der Waals surface area contributed by atoms with Crippen molar-refractivity contribution in [1.29, 1.82) is 0 Å². The van der Waals surface area contributed by atoms with Crippen LogP contribution in [-0.4, -0.2) is 31.2 Å². The Morgan fingerprint density at radius 1 is 1.42 bits per heavy atom. The van der Waals surface area contributed by atoms with Gasteiger partial charge in [-0.1, -0.05) is 31.0 Å². The van der Waals surface area contributed by atoms with Crippen molar-refractivity contribution >= 4 is 16.9 Å². The largest absolute Gasteiger partial charge is 0.359 e. The molecular weight excluding hydrogens is 258 g/mol. The van der Waals surface area contributed by atoms with Gasteiger partial charge in [0.2, 0.25) is 0 Å². The van der Waals surface area contributed by atoms with Crippen LogP contribution in [0.15, 0.2) is 11.3 Å². The maximum Gasteiger partial charge on any atom is 0.157 e. The number of hydrogen-bond acceptors (Lipinski definition) is 4. The smallest absolute Gasteiger partial charge is 0.157 e. The molecule has 2 aliphatic rings. The highest BCUT2D eigenvalue weighted by Crippen LogP contribution is 2.36. The van der Waals surface area contributed by atoms with E-state index in [-0.39, 0.29) is 6.04 Å². The Hall–Kier alpha value is -1.04. The molecule has 104 valence electrons. The highest BCUT2D eigenvalue weighted by Gasteiger charge is 2.38. The highest BCUT2D eigenvalue weighted by atomic mass is 32.2. The van der Waals surface area contributed by atoms with Crippen molar-refractivity contribution in [2.24, 2.45) is 12.0 Å². The minimum Gasteiger partial charge on any atom is -0.359 e. The fraction of sp³-hybridized carbons (Fsp3) is 0.769. The van der Waals surface area contributed by atoms with Crippen LogP contribution < -0.4 is 5.32 Å². The van der Waals surface area contributed by atoms with E-state index >= 15 is 0 Å². The molecule has 1 aromatic heterocycles. The quantitative estimate of drug-likeness (QED) is 0.902. The Kier molecular flexibility index (Phi) is 3.52. The molecule has 1 saturated heterocycles. The van der Waals surface area contributed by atoms with Crippen LogP contribution in [-0.2, 0) is 7.05 Å². The van der Waals surface area contributed by atoms with Gasteiger partial charge in [-0.25, -0.2) is 0 Å². The molecule has 2 fully saturated rings. The minimum atomic E-state index is 0.0567. The summed E-state index contributed by atoms with van der Waals surface area (Å²) in [5.74, 6) is 2.08. The molecule has 6 heteroatoms. The van der Waals surface area contributed by atoms with Crippen LogP contribution in [0.3, 0.4) is 0 Å². The Morgan fingerprint density at radius 3 is 2.89 bits per heavy atom. The van der Waals surface area contributed by atoms with Gasteiger partial charge in [0.25, 0.3) is 0 Å². The lowest BCUT2D eigenvalue weighted by atomic mass is 9.83. The number of nitrogens with zero attached hydrogens (tertiary/aromatic N) is 4. The summed E-state index contributed by atoms with van der Waals surface area (Å²) in [5.41, 5.74) is 0.321. The molecule has 1 unspecified atom stereocenters. The number of hydrogen-bond donors (Lipinski definition) is 1. The molecule has 1 atom stereocenters. The van der Waals surface area contributed by atoms with E-state index in [1.807, 2.05) is 23.4 Å². The summed E-state index contributed by atoms with van der Waals surface area (Å²) in [6, 6.07) is 0.0567. The summed E-state index contributed by atoms with van der Waals surface area (Å²) in [4.78, 5) is 4.77. The molecular formula is C13H21N5S. The van der Waals surface area contributed by atoms with Crippen LogP contribution in [0.1, 0.15) is 50.9 Å². The van der Waals surface area contributed by atoms with Crippen LogP contribution in [0.2, 0.25) is 0 Å². The number of amidine groups is 1. The third kappa shape index (κ3) is 2.63. The Morgan fingerprint density at radius 2 is 2.21 bits per heavy atom. The standard InChI is InChI=1S/C13H21N5S/c1-10(11-17-14-9-18(11)2)15-12-16-13(8-19-12)6-4-3-5-7-13/h9-10H,3-8H2,1-2H3,(H,15,16). The van der Waals surface area contributed by atoms with Gasteiger partial charge in [0.1, 0.15) is 12.4 Å². The predicted octanol–water partition coefficient (Wildman–Crippen LogP) is 2.27. The molecule has 2 heterocycles. The molecule has 19 heavy (non-hydrogen) atoms. The van der Waals surface area contributed by atoms with Crippen LogP contribution >= 0.6 is 11.8 Å². The first kappa shape index (κ1) is 13.0. The van der Waals surface area contributed by atoms with Crippen LogP contribution in [0.4, 0.5) is 0 Å². The third-order valence-corrected chi connectivity index (χ3v) is 5.28. The third-order valence-electron chi connectivity index (χ3n) is 4.10. The van der Waals surface area contributed by atoms with E-state index in [0.717, 1.165) is 16.7 Å². The second-order valence-electron chi connectivity index (χ2n) is 5.66. The first-order chi connectivity index (χ1) is 9.19. The Bertz CT molecular complexity index is 475. The van der Waals surface area contributed by atoms with Crippen LogP contribution in [0.25, 0.3) is 0 Å². The average molecular weight is 279 g/mol. The topological polar surface area (TPSA) is 55.1 Å². The lowest BCUT2D eigenvalue weighted by Gasteiger charge is -2.32. The summed E-state index contributed by atoms with van der Waals surface area (Å²) < 4.78 is 1.94. The molecule has 3 rings (SSSR count). The van der Waals surface area contributed by atoms with Crippen molar-refractivity contribution < 1.29 is 0 Å². The van der Waals surface area contributed by atoms with Gasteiger partial charge in [0.05, 0.1) is 0 Å². The molecule has 0 amide bonds. The molecule has 1 saturated carbocycles. The number of aromatic nitrogens is 3. The van der Waals surface area contributed by atoms with Gasteiger partial charge in [-0.05, 0) is 19.8 Å². The fourth-order valence-electron chi connectivity index (χ4n) is 2.98. The van der Waals surface area contributed by atoms with Crippen molar-refractivity contribution in [2.45, 2.75) is 50.6 Å². The second kappa shape index (κ2) is 5.15. The monoisotopic (exact) mass is 279 g/mol. The van der Waals surface area contributed by atoms with E-state index in [0.29, 0.717) is 5.54 Å². The first-order valence-electron chi connectivity index (χ1n) is 7.01. The van der Waals surface area contributed by atoms with E-state index in [2.05, 4.69) is 22.4 Å². The number of aliphatic imine (C=N–C) groups is 1. The molecule has 0 radical (unpaired) electrons. The number of nitrogens with one attached hydrogen (secondary N) is 1. The Labute approximate surface area is 118 Å². The molecule has 0 bridgehead atoms. The summed E-state index contributed by atoms with van der Waals surface area (Å²) in [7, 11) is 1.96. The molecule has 5 nitrogen and oxygen atoms in total. The van der Waals surface area contributed by atoms with Gasteiger partial charge in [0.15, 0.2) is 11.0 Å². The van der Waals surface area contributed by atoms with Gasteiger partial charge in [-0.2, -0.15) is 0 Å². The highest BCUT2D eigenvalue weighted by molar-refractivity contribution is 8.14. The molecule has 1 spiro atoms. The minimum absolute atomic E-state index is 0.0567. The SMILES string of the molecule is CC(N=C1NC2(CCCCC2)CS1)c1nncn1C. The zero-order valence-electron chi connectivity index (χ0n) is 11.6. The van der Waals surface area contributed by atoms with Crippen molar-refractivity contribution in [3.05, 3.63) is 12.2 Å².